The molecule has 0 spiro atoms. The molecule has 6 heteroatoms. The van der Waals surface area contributed by atoms with Crippen molar-refractivity contribution < 1.29 is 4.79 Å². The zero-order valence-electron chi connectivity index (χ0n) is 8.90. The molecule has 0 aliphatic carbocycles. The van der Waals surface area contributed by atoms with Gasteiger partial charge in [-0.1, -0.05) is 18.5 Å². The van der Waals surface area contributed by atoms with Gasteiger partial charge in [0.25, 0.3) is 0 Å². The van der Waals surface area contributed by atoms with E-state index in [4.69, 9.17) is 11.6 Å². The molecule has 1 atom stereocenters. The molecule has 1 unspecified atom stereocenters. The highest BCUT2D eigenvalue weighted by Crippen LogP contribution is 2.18. The largest absolute Gasteiger partial charge is 0.316 e. The standard InChI is InChI=1S/C10H13ClN4O/c1-6(7-3-12-4-7)10(16)15-9-2-8(11)13-5-14-9/h2,5-7,12H,3-4H2,1H3,(H,13,14,15,16). The number of carbonyl (C=O) groups excluding carboxylic acids is 1. The molecule has 2 heterocycles. The SMILES string of the molecule is CC(C(=O)Nc1cc(Cl)ncn1)C1CNC1. The Balaban J connectivity index is 1.96. The fourth-order valence-electron chi connectivity index (χ4n) is 1.52. The van der Waals surface area contributed by atoms with Crippen LogP contribution in [0.4, 0.5) is 5.82 Å². The van der Waals surface area contributed by atoms with Crippen molar-refractivity contribution in [3.05, 3.63) is 17.5 Å². The summed E-state index contributed by atoms with van der Waals surface area (Å²) in [6.07, 6.45) is 1.33. The summed E-state index contributed by atoms with van der Waals surface area (Å²) in [5.41, 5.74) is 0. The Labute approximate surface area is 98.6 Å². The average molecular weight is 241 g/mol. The molecule has 1 aliphatic rings. The Hall–Kier alpha value is -1.20. The maximum atomic E-state index is 11.8. The normalized spacial score (nSPS) is 17.6. The van der Waals surface area contributed by atoms with Crippen LogP contribution in [0.3, 0.4) is 0 Å². The highest BCUT2D eigenvalue weighted by atomic mass is 35.5. The molecule has 0 aromatic carbocycles. The number of amides is 1. The van der Waals surface area contributed by atoms with Crippen LogP contribution >= 0.6 is 11.6 Å². The lowest BCUT2D eigenvalue weighted by Gasteiger charge is -2.31. The molecule has 1 amide bonds. The van der Waals surface area contributed by atoms with Crippen molar-refractivity contribution in [1.29, 1.82) is 0 Å². The smallest absolute Gasteiger partial charge is 0.228 e. The summed E-state index contributed by atoms with van der Waals surface area (Å²) < 4.78 is 0. The third kappa shape index (κ3) is 2.48. The van der Waals surface area contributed by atoms with Crippen LogP contribution < -0.4 is 10.6 Å². The van der Waals surface area contributed by atoms with Crippen LogP contribution in [0.1, 0.15) is 6.92 Å². The highest BCUT2D eigenvalue weighted by Gasteiger charge is 2.28. The van der Waals surface area contributed by atoms with E-state index in [1.165, 1.54) is 12.4 Å². The molecular weight excluding hydrogens is 228 g/mol. The van der Waals surface area contributed by atoms with Crippen LogP contribution in [-0.2, 0) is 4.79 Å². The summed E-state index contributed by atoms with van der Waals surface area (Å²) in [4.78, 5) is 19.5. The van der Waals surface area contributed by atoms with Gasteiger partial charge in [-0.2, -0.15) is 0 Å². The zero-order chi connectivity index (χ0) is 11.5. The lowest BCUT2D eigenvalue weighted by Crippen LogP contribution is -2.48. The Morgan fingerprint density at radius 2 is 2.38 bits per heavy atom. The van der Waals surface area contributed by atoms with Crippen molar-refractivity contribution in [2.45, 2.75) is 6.92 Å². The average Bonchev–Trinajstić information content (AvgIpc) is 2.14. The van der Waals surface area contributed by atoms with Gasteiger partial charge < -0.3 is 10.6 Å². The van der Waals surface area contributed by atoms with E-state index < -0.39 is 0 Å². The third-order valence-corrected chi connectivity index (χ3v) is 3.03. The molecule has 0 radical (unpaired) electrons. The molecule has 1 aromatic rings. The van der Waals surface area contributed by atoms with Gasteiger partial charge in [0.05, 0.1) is 0 Å². The fourth-order valence-corrected chi connectivity index (χ4v) is 1.67. The van der Waals surface area contributed by atoms with Crippen LogP contribution in [-0.4, -0.2) is 29.0 Å². The van der Waals surface area contributed by atoms with E-state index in [0.29, 0.717) is 16.9 Å². The van der Waals surface area contributed by atoms with Crippen molar-refractivity contribution in [2.75, 3.05) is 18.4 Å². The van der Waals surface area contributed by atoms with Gasteiger partial charge in [-0.3, -0.25) is 4.79 Å². The topological polar surface area (TPSA) is 66.9 Å². The fraction of sp³-hybridized carbons (Fsp3) is 0.500. The van der Waals surface area contributed by atoms with Crippen LogP contribution in [0.25, 0.3) is 0 Å². The number of nitrogens with zero attached hydrogens (tertiary/aromatic N) is 2. The number of halogens is 1. The van der Waals surface area contributed by atoms with Crippen LogP contribution in [0, 0.1) is 11.8 Å². The minimum absolute atomic E-state index is 0.0185. The zero-order valence-corrected chi connectivity index (χ0v) is 9.66. The van der Waals surface area contributed by atoms with Crippen molar-refractivity contribution in [1.82, 2.24) is 15.3 Å². The first kappa shape index (κ1) is 11.3. The maximum Gasteiger partial charge on any atom is 0.228 e. The first-order valence-electron chi connectivity index (χ1n) is 5.16. The molecule has 1 fully saturated rings. The Morgan fingerprint density at radius 1 is 1.62 bits per heavy atom. The van der Waals surface area contributed by atoms with E-state index >= 15 is 0 Å². The van der Waals surface area contributed by atoms with Crippen molar-refractivity contribution in [2.24, 2.45) is 11.8 Å². The summed E-state index contributed by atoms with van der Waals surface area (Å²) in [5, 5.41) is 6.20. The second kappa shape index (κ2) is 4.76. The number of aromatic nitrogens is 2. The number of carbonyl (C=O) groups is 1. The van der Waals surface area contributed by atoms with Crippen LogP contribution in [0.5, 0.6) is 0 Å². The molecular formula is C10H13ClN4O. The molecule has 0 saturated carbocycles. The van der Waals surface area contributed by atoms with Crippen molar-refractivity contribution in [3.63, 3.8) is 0 Å². The first-order chi connectivity index (χ1) is 7.66. The second-order valence-corrected chi connectivity index (χ2v) is 4.31. The lowest BCUT2D eigenvalue weighted by molar-refractivity contribution is -0.121. The van der Waals surface area contributed by atoms with Gasteiger partial charge in [-0.25, -0.2) is 9.97 Å². The van der Waals surface area contributed by atoms with Gasteiger partial charge in [0.1, 0.15) is 17.3 Å². The Kier molecular flexibility index (Phi) is 3.36. The molecule has 86 valence electrons. The van der Waals surface area contributed by atoms with E-state index in [2.05, 4.69) is 20.6 Å². The van der Waals surface area contributed by atoms with Gasteiger partial charge in [0, 0.05) is 12.0 Å². The van der Waals surface area contributed by atoms with Gasteiger partial charge in [0.15, 0.2) is 0 Å². The maximum absolute atomic E-state index is 11.8. The van der Waals surface area contributed by atoms with E-state index in [1.807, 2.05) is 6.92 Å². The molecule has 1 aliphatic heterocycles. The Morgan fingerprint density at radius 3 is 2.94 bits per heavy atom. The first-order valence-corrected chi connectivity index (χ1v) is 5.53. The van der Waals surface area contributed by atoms with E-state index in [9.17, 15) is 4.79 Å². The lowest BCUT2D eigenvalue weighted by atomic mass is 9.88. The van der Waals surface area contributed by atoms with Crippen molar-refractivity contribution in [3.8, 4) is 0 Å². The number of nitrogens with one attached hydrogen (secondary N) is 2. The molecule has 1 saturated heterocycles. The Bertz CT molecular complexity index is 394. The number of hydrogen-bond donors (Lipinski definition) is 2. The highest BCUT2D eigenvalue weighted by molar-refractivity contribution is 6.29. The molecule has 1 aromatic heterocycles. The second-order valence-electron chi connectivity index (χ2n) is 3.92. The van der Waals surface area contributed by atoms with Crippen LogP contribution in [0.15, 0.2) is 12.4 Å². The van der Waals surface area contributed by atoms with Crippen LogP contribution in [0.2, 0.25) is 5.15 Å². The summed E-state index contributed by atoms with van der Waals surface area (Å²) in [7, 11) is 0. The molecule has 5 nitrogen and oxygen atoms in total. The summed E-state index contributed by atoms with van der Waals surface area (Å²) >= 11 is 5.70. The quantitative estimate of drug-likeness (QED) is 0.772. The summed E-state index contributed by atoms with van der Waals surface area (Å²) in [6, 6.07) is 1.53. The predicted molar refractivity (Wildman–Crippen MR) is 61.2 cm³/mol. The molecule has 0 bridgehead atoms. The molecule has 16 heavy (non-hydrogen) atoms. The number of rotatable bonds is 3. The molecule has 2 N–H and O–H groups in total. The summed E-state index contributed by atoms with van der Waals surface area (Å²) in [6.45, 7) is 3.72. The van der Waals surface area contributed by atoms with Gasteiger partial charge in [0.2, 0.25) is 5.91 Å². The van der Waals surface area contributed by atoms with E-state index in [0.717, 1.165) is 13.1 Å². The molecule has 2 rings (SSSR count). The third-order valence-electron chi connectivity index (χ3n) is 2.82. The number of anilines is 1. The minimum atomic E-state index is -0.0266. The van der Waals surface area contributed by atoms with E-state index in [-0.39, 0.29) is 11.8 Å². The van der Waals surface area contributed by atoms with Crippen molar-refractivity contribution >= 4 is 23.3 Å². The monoisotopic (exact) mass is 240 g/mol. The minimum Gasteiger partial charge on any atom is -0.316 e. The summed E-state index contributed by atoms with van der Waals surface area (Å²) in [5.74, 6) is 0.817. The van der Waals surface area contributed by atoms with Gasteiger partial charge >= 0.3 is 0 Å². The van der Waals surface area contributed by atoms with E-state index in [1.54, 1.807) is 0 Å². The predicted octanol–water partition coefficient (Wildman–Crippen LogP) is 0.924. The number of hydrogen-bond acceptors (Lipinski definition) is 4. The van der Waals surface area contributed by atoms with Gasteiger partial charge in [-0.15, -0.1) is 0 Å². The van der Waals surface area contributed by atoms with Gasteiger partial charge in [-0.05, 0) is 19.0 Å².